The summed E-state index contributed by atoms with van der Waals surface area (Å²) in [5, 5.41) is 1.18. The van der Waals surface area contributed by atoms with Crippen LogP contribution >= 0.6 is 22.7 Å². The first-order chi connectivity index (χ1) is 13.8. The van der Waals surface area contributed by atoms with Crippen LogP contribution in [0.3, 0.4) is 0 Å². The Bertz CT molecular complexity index is 1120. The normalized spacial score (nSPS) is 13.1. The van der Waals surface area contributed by atoms with E-state index in [0.29, 0.717) is 29.2 Å². The number of nitrogens with two attached hydrogens (primary N) is 2. The van der Waals surface area contributed by atoms with Gasteiger partial charge in [0, 0.05) is 24.9 Å². The molecule has 150 valence electrons. The van der Waals surface area contributed by atoms with Crippen LogP contribution in [-0.4, -0.2) is 21.0 Å². The van der Waals surface area contributed by atoms with Crippen molar-refractivity contribution in [3.05, 3.63) is 59.5 Å². The number of hydrogen-bond acceptors (Lipinski definition) is 7. The molecule has 0 spiro atoms. The van der Waals surface area contributed by atoms with Crippen LogP contribution < -0.4 is 11.5 Å². The Morgan fingerprint density at radius 2 is 1.90 bits per heavy atom. The fraction of sp³-hybridized carbons (Fsp3) is 0.211. The summed E-state index contributed by atoms with van der Waals surface area (Å²) in [5.41, 5.74) is 13.6. The minimum atomic E-state index is -4.38. The average molecular weight is 436 g/mol. The number of hydrogen-bond donors (Lipinski definition) is 2. The first-order valence-electron chi connectivity index (χ1n) is 8.67. The first-order valence-corrected chi connectivity index (χ1v) is 10.3. The van der Waals surface area contributed by atoms with Crippen LogP contribution in [0.2, 0.25) is 0 Å². The third-order valence-electron chi connectivity index (χ3n) is 4.31. The Morgan fingerprint density at radius 3 is 2.66 bits per heavy atom. The molecule has 4 aromatic rings. The van der Waals surface area contributed by atoms with Crippen molar-refractivity contribution in [3.8, 4) is 9.88 Å². The second kappa shape index (κ2) is 7.69. The van der Waals surface area contributed by atoms with E-state index < -0.39 is 17.8 Å². The van der Waals surface area contributed by atoms with E-state index in [2.05, 4.69) is 15.0 Å². The molecule has 4 N–H and O–H groups in total. The van der Waals surface area contributed by atoms with E-state index in [4.69, 9.17) is 11.5 Å². The SMILES string of the molecule is Nc1nc(C[C@@H](N)Cc2cccc(C(F)(F)F)c2)c(-c2nc3ccncc3s2)s1. The van der Waals surface area contributed by atoms with Gasteiger partial charge in [0.25, 0.3) is 0 Å². The number of aromatic nitrogens is 3. The highest BCUT2D eigenvalue weighted by atomic mass is 32.1. The van der Waals surface area contributed by atoms with Gasteiger partial charge in [0.2, 0.25) is 0 Å². The lowest BCUT2D eigenvalue weighted by molar-refractivity contribution is -0.137. The number of nitrogen functional groups attached to an aromatic ring is 1. The minimum Gasteiger partial charge on any atom is -0.375 e. The van der Waals surface area contributed by atoms with Gasteiger partial charge in [-0.2, -0.15) is 13.2 Å². The third-order valence-corrected chi connectivity index (χ3v) is 6.39. The molecule has 0 radical (unpaired) electrons. The van der Waals surface area contributed by atoms with Gasteiger partial charge in [0.1, 0.15) is 5.01 Å². The van der Waals surface area contributed by atoms with Gasteiger partial charge in [0.05, 0.1) is 26.4 Å². The molecule has 0 saturated carbocycles. The summed E-state index contributed by atoms with van der Waals surface area (Å²) in [4.78, 5) is 13.9. The molecular formula is C19H16F3N5S2. The van der Waals surface area contributed by atoms with Gasteiger partial charge in [-0.3, -0.25) is 4.98 Å². The Balaban J connectivity index is 1.56. The number of benzene rings is 1. The van der Waals surface area contributed by atoms with Crippen LogP contribution in [0.5, 0.6) is 0 Å². The molecule has 0 saturated heterocycles. The van der Waals surface area contributed by atoms with E-state index >= 15 is 0 Å². The highest BCUT2D eigenvalue weighted by Crippen LogP contribution is 2.37. The van der Waals surface area contributed by atoms with E-state index in [-0.39, 0.29) is 0 Å². The van der Waals surface area contributed by atoms with Crippen molar-refractivity contribution >= 4 is 38.0 Å². The Morgan fingerprint density at radius 1 is 1.07 bits per heavy atom. The molecule has 0 fully saturated rings. The molecule has 0 bridgehead atoms. The van der Waals surface area contributed by atoms with Crippen molar-refractivity contribution in [1.82, 2.24) is 15.0 Å². The molecule has 1 aromatic carbocycles. The number of pyridine rings is 1. The quantitative estimate of drug-likeness (QED) is 0.481. The van der Waals surface area contributed by atoms with Crippen LogP contribution in [-0.2, 0) is 19.0 Å². The lowest BCUT2D eigenvalue weighted by Gasteiger charge is -2.13. The van der Waals surface area contributed by atoms with E-state index in [1.54, 1.807) is 18.5 Å². The first kappa shape index (κ1) is 19.7. The van der Waals surface area contributed by atoms with Crippen molar-refractivity contribution in [2.45, 2.75) is 25.1 Å². The maximum absolute atomic E-state index is 12.9. The lowest BCUT2D eigenvalue weighted by atomic mass is 10.0. The lowest BCUT2D eigenvalue weighted by Crippen LogP contribution is -2.26. The van der Waals surface area contributed by atoms with Gasteiger partial charge in [-0.15, -0.1) is 11.3 Å². The van der Waals surface area contributed by atoms with Crippen molar-refractivity contribution in [2.75, 3.05) is 5.73 Å². The smallest absolute Gasteiger partial charge is 0.375 e. The minimum absolute atomic E-state index is 0.296. The maximum Gasteiger partial charge on any atom is 0.416 e. The molecule has 0 aliphatic heterocycles. The zero-order valence-corrected chi connectivity index (χ0v) is 16.6. The van der Waals surface area contributed by atoms with Crippen LogP contribution in [0.4, 0.5) is 18.3 Å². The summed E-state index contributed by atoms with van der Waals surface area (Å²) in [6, 6.07) is 6.65. The molecule has 0 aliphatic carbocycles. The predicted octanol–water partition coefficient (Wildman–Crippen LogP) is 4.53. The van der Waals surface area contributed by atoms with Crippen LogP contribution in [0.25, 0.3) is 20.1 Å². The maximum atomic E-state index is 12.9. The number of nitrogens with zero attached hydrogens (tertiary/aromatic N) is 3. The van der Waals surface area contributed by atoms with Gasteiger partial charge >= 0.3 is 6.18 Å². The summed E-state index contributed by atoms with van der Waals surface area (Å²) in [6.45, 7) is 0. The summed E-state index contributed by atoms with van der Waals surface area (Å²) in [7, 11) is 0. The monoisotopic (exact) mass is 435 g/mol. The number of thiazole rings is 2. The van der Waals surface area contributed by atoms with Crippen LogP contribution in [0.1, 0.15) is 16.8 Å². The van der Waals surface area contributed by atoms with Gasteiger partial charge in [0.15, 0.2) is 5.13 Å². The molecule has 10 heteroatoms. The Kier molecular flexibility index (Phi) is 5.24. The van der Waals surface area contributed by atoms with Crippen LogP contribution in [0.15, 0.2) is 42.7 Å². The molecule has 0 amide bonds. The van der Waals surface area contributed by atoms with Crippen molar-refractivity contribution in [2.24, 2.45) is 5.73 Å². The molecule has 3 heterocycles. The molecular weight excluding hydrogens is 419 g/mol. The highest BCUT2D eigenvalue weighted by Gasteiger charge is 2.30. The average Bonchev–Trinajstić information content (AvgIpc) is 3.24. The zero-order valence-electron chi connectivity index (χ0n) is 15.0. The summed E-state index contributed by atoms with van der Waals surface area (Å²) in [5.74, 6) is 0. The molecule has 1 atom stereocenters. The summed E-state index contributed by atoms with van der Waals surface area (Å²) in [6.07, 6.45) is -0.269. The topological polar surface area (TPSA) is 90.7 Å². The largest absolute Gasteiger partial charge is 0.416 e. The molecule has 5 nitrogen and oxygen atoms in total. The van der Waals surface area contributed by atoms with Crippen molar-refractivity contribution < 1.29 is 13.2 Å². The van der Waals surface area contributed by atoms with E-state index in [0.717, 1.165) is 32.2 Å². The van der Waals surface area contributed by atoms with Gasteiger partial charge in [-0.1, -0.05) is 29.5 Å². The number of halogens is 3. The number of alkyl halides is 3. The number of rotatable bonds is 5. The Labute approximate surface area is 172 Å². The molecule has 0 aliphatic rings. The summed E-state index contributed by atoms with van der Waals surface area (Å²) < 4.78 is 39.7. The Hall–Kier alpha value is -2.56. The predicted molar refractivity (Wildman–Crippen MR) is 110 cm³/mol. The van der Waals surface area contributed by atoms with E-state index in [9.17, 15) is 13.2 Å². The molecule has 3 aromatic heterocycles. The second-order valence-electron chi connectivity index (χ2n) is 6.56. The van der Waals surface area contributed by atoms with Crippen molar-refractivity contribution in [3.63, 3.8) is 0 Å². The third kappa shape index (κ3) is 4.39. The van der Waals surface area contributed by atoms with E-state index in [1.807, 2.05) is 6.07 Å². The highest BCUT2D eigenvalue weighted by molar-refractivity contribution is 7.26. The number of anilines is 1. The molecule has 0 unspecified atom stereocenters. The van der Waals surface area contributed by atoms with E-state index in [1.165, 1.54) is 28.7 Å². The van der Waals surface area contributed by atoms with Gasteiger partial charge in [-0.25, -0.2) is 9.97 Å². The number of fused-ring (bicyclic) bond motifs is 1. The second-order valence-corrected chi connectivity index (χ2v) is 8.62. The van der Waals surface area contributed by atoms with Crippen molar-refractivity contribution in [1.29, 1.82) is 0 Å². The molecule has 4 rings (SSSR count). The summed E-state index contributed by atoms with van der Waals surface area (Å²) >= 11 is 2.82. The fourth-order valence-electron chi connectivity index (χ4n) is 3.05. The van der Waals surface area contributed by atoms with Gasteiger partial charge < -0.3 is 11.5 Å². The van der Waals surface area contributed by atoms with Gasteiger partial charge in [-0.05, 0) is 24.1 Å². The zero-order chi connectivity index (χ0) is 20.6. The fourth-order valence-corrected chi connectivity index (χ4v) is 4.94. The van der Waals surface area contributed by atoms with Crippen LogP contribution in [0, 0.1) is 0 Å². The molecule has 29 heavy (non-hydrogen) atoms. The standard InChI is InChI=1S/C19H16F3N5S2/c20-19(21,22)11-3-1-2-10(6-11)7-12(23)8-14-16(29-18(24)27-14)17-26-13-4-5-25-9-15(13)28-17/h1-6,9,12H,7-8,23H2,(H2,24,27)/t12-/m0/s1.